The van der Waals surface area contributed by atoms with Gasteiger partial charge in [-0.15, -0.1) is 12.4 Å². The highest BCUT2D eigenvalue weighted by Gasteiger charge is 2.27. The number of ether oxygens (including phenoxy) is 1. The third-order valence-electron chi connectivity index (χ3n) is 1.79. The first-order valence-corrected chi connectivity index (χ1v) is 3.05. The molecule has 0 aliphatic carbocycles. The maximum absolute atomic E-state index is 5.49. The highest BCUT2D eigenvalue weighted by atomic mass is 35.5. The lowest BCUT2D eigenvalue weighted by Gasteiger charge is -2.17. The first-order valence-electron chi connectivity index (χ1n) is 3.05. The quantitative estimate of drug-likeness (QED) is 0.602. The van der Waals surface area contributed by atoms with E-state index in [9.17, 15) is 0 Å². The average Bonchev–Trinajstić information content (AvgIpc) is 2.17. The van der Waals surface area contributed by atoms with Crippen LogP contribution >= 0.6 is 12.4 Å². The maximum atomic E-state index is 5.49. The molecule has 2 nitrogen and oxygen atoms in total. The summed E-state index contributed by atoms with van der Waals surface area (Å²) in [6.07, 6.45) is 1.13. The molecule has 0 radical (unpaired) electrons. The fraction of sp³-hybridized carbons (Fsp3) is 1.00. The van der Waals surface area contributed by atoms with Gasteiger partial charge in [0.1, 0.15) is 0 Å². The molecule has 1 aliphatic heterocycles. The molecular weight excluding hydrogens is 138 g/mol. The van der Waals surface area contributed by atoms with Gasteiger partial charge in [0, 0.05) is 12.0 Å². The molecule has 0 aromatic rings. The van der Waals surface area contributed by atoms with Crippen LogP contribution in [0, 0.1) is 5.41 Å². The molecule has 0 amide bonds. The van der Waals surface area contributed by atoms with Crippen LogP contribution in [0.25, 0.3) is 0 Å². The van der Waals surface area contributed by atoms with Crippen LogP contribution < -0.4 is 5.73 Å². The minimum absolute atomic E-state index is 0. The maximum Gasteiger partial charge on any atom is 0.0532 e. The molecule has 0 spiro atoms. The fourth-order valence-corrected chi connectivity index (χ4v) is 0.870. The zero-order valence-electron chi connectivity index (χ0n) is 5.72. The molecule has 56 valence electrons. The van der Waals surface area contributed by atoms with Crippen molar-refractivity contribution in [3.05, 3.63) is 0 Å². The van der Waals surface area contributed by atoms with Crippen molar-refractivity contribution >= 4 is 12.4 Å². The zero-order chi connectivity index (χ0) is 6.04. The molecule has 1 fully saturated rings. The largest absolute Gasteiger partial charge is 0.381 e. The Balaban J connectivity index is 0.000000640. The van der Waals surface area contributed by atoms with E-state index in [0.29, 0.717) is 5.41 Å². The van der Waals surface area contributed by atoms with E-state index in [1.54, 1.807) is 0 Å². The molecule has 0 aromatic heterocycles. The smallest absolute Gasteiger partial charge is 0.0532 e. The molecule has 0 saturated carbocycles. The van der Waals surface area contributed by atoms with Crippen molar-refractivity contribution in [1.82, 2.24) is 0 Å². The molecule has 3 heteroatoms. The van der Waals surface area contributed by atoms with E-state index >= 15 is 0 Å². The summed E-state index contributed by atoms with van der Waals surface area (Å²) < 4.78 is 5.17. The summed E-state index contributed by atoms with van der Waals surface area (Å²) in [5.41, 5.74) is 5.78. The average molecular weight is 152 g/mol. The minimum atomic E-state index is 0. The van der Waals surface area contributed by atoms with Crippen LogP contribution in [0.2, 0.25) is 0 Å². The summed E-state index contributed by atoms with van der Waals surface area (Å²) in [6, 6.07) is 0. The van der Waals surface area contributed by atoms with Gasteiger partial charge in [0.2, 0.25) is 0 Å². The van der Waals surface area contributed by atoms with Gasteiger partial charge in [0.25, 0.3) is 0 Å². The molecule has 1 heterocycles. The first-order chi connectivity index (χ1) is 3.77. The van der Waals surface area contributed by atoms with Crippen molar-refractivity contribution in [3.63, 3.8) is 0 Å². The highest BCUT2D eigenvalue weighted by molar-refractivity contribution is 5.85. The van der Waals surface area contributed by atoms with Crippen LogP contribution in [0.3, 0.4) is 0 Å². The number of rotatable bonds is 1. The molecule has 1 rings (SSSR count). The Morgan fingerprint density at radius 1 is 1.67 bits per heavy atom. The van der Waals surface area contributed by atoms with Crippen molar-refractivity contribution in [3.8, 4) is 0 Å². The summed E-state index contributed by atoms with van der Waals surface area (Å²) in [5, 5.41) is 0. The fourth-order valence-electron chi connectivity index (χ4n) is 0.870. The Hall–Kier alpha value is 0.210. The molecule has 1 saturated heterocycles. The Morgan fingerprint density at radius 3 is 2.56 bits per heavy atom. The predicted octanol–water partition coefficient (Wildman–Crippen LogP) is 0.794. The molecule has 2 N–H and O–H groups in total. The molecule has 0 aromatic carbocycles. The molecule has 1 atom stereocenters. The normalized spacial score (nSPS) is 34.0. The van der Waals surface area contributed by atoms with Gasteiger partial charge in [-0.2, -0.15) is 0 Å². The van der Waals surface area contributed by atoms with Crippen LogP contribution in [-0.2, 0) is 4.74 Å². The molecule has 1 unspecified atom stereocenters. The van der Waals surface area contributed by atoms with Crippen molar-refractivity contribution in [1.29, 1.82) is 0 Å². The van der Waals surface area contributed by atoms with E-state index < -0.39 is 0 Å². The van der Waals surface area contributed by atoms with Crippen molar-refractivity contribution < 1.29 is 4.74 Å². The van der Waals surface area contributed by atoms with Crippen molar-refractivity contribution in [2.24, 2.45) is 11.1 Å². The SMILES string of the molecule is CC1(CN)CCOC1.Cl. The number of hydrogen-bond acceptors (Lipinski definition) is 2. The van der Waals surface area contributed by atoms with Crippen molar-refractivity contribution in [2.45, 2.75) is 13.3 Å². The second kappa shape index (κ2) is 3.40. The van der Waals surface area contributed by atoms with Gasteiger partial charge in [-0.25, -0.2) is 0 Å². The Labute approximate surface area is 62.2 Å². The van der Waals surface area contributed by atoms with Gasteiger partial charge in [0.05, 0.1) is 6.61 Å². The summed E-state index contributed by atoms with van der Waals surface area (Å²) in [7, 11) is 0. The van der Waals surface area contributed by atoms with Crippen molar-refractivity contribution in [2.75, 3.05) is 19.8 Å². The van der Waals surface area contributed by atoms with Crippen LogP contribution in [0.4, 0.5) is 0 Å². The summed E-state index contributed by atoms with van der Waals surface area (Å²) in [5.74, 6) is 0. The van der Waals surface area contributed by atoms with Gasteiger partial charge in [0.15, 0.2) is 0 Å². The lowest BCUT2D eigenvalue weighted by atomic mass is 9.91. The van der Waals surface area contributed by atoms with E-state index in [2.05, 4.69) is 6.92 Å². The monoisotopic (exact) mass is 151 g/mol. The van der Waals surface area contributed by atoms with E-state index in [1.165, 1.54) is 0 Å². The standard InChI is InChI=1S/C6H13NO.ClH/c1-6(4-7)2-3-8-5-6;/h2-5,7H2,1H3;1H. The summed E-state index contributed by atoms with van der Waals surface area (Å²) >= 11 is 0. The third kappa shape index (κ3) is 2.12. The van der Waals surface area contributed by atoms with E-state index in [0.717, 1.165) is 26.2 Å². The molecular formula is C6H14ClNO. The van der Waals surface area contributed by atoms with Gasteiger partial charge >= 0.3 is 0 Å². The van der Waals surface area contributed by atoms with Crippen LogP contribution in [0.5, 0.6) is 0 Å². The molecule has 9 heavy (non-hydrogen) atoms. The van der Waals surface area contributed by atoms with E-state index in [-0.39, 0.29) is 12.4 Å². The minimum Gasteiger partial charge on any atom is -0.381 e. The van der Waals surface area contributed by atoms with Gasteiger partial charge in [-0.3, -0.25) is 0 Å². The van der Waals surface area contributed by atoms with Gasteiger partial charge in [-0.1, -0.05) is 6.92 Å². The number of hydrogen-bond donors (Lipinski definition) is 1. The summed E-state index contributed by atoms with van der Waals surface area (Å²) in [4.78, 5) is 0. The zero-order valence-corrected chi connectivity index (χ0v) is 6.54. The highest BCUT2D eigenvalue weighted by Crippen LogP contribution is 2.25. The van der Waals surface area contributed by atoms with E-state index in [4.69, 9.17) is 10.5 Å². The number of nitrogens with two attached hydrogens (primary N) is 1. The number of halogens is 1. The Bertz CT molecular complexity index is 81.1. The van der Waals surface area contributed by atoms with E-state index in [1.807, 2.05) is 0 Å². The first kappa shape index (κ1) is 9.21. The molecule has 1 aliphatic rings. The summed E-state index contributed by atoms with van der Waals surface area (Å²) in [6.45, 7) is 4.67. The Morgan fingerprint density at radius 2 is 2.33 bits per heavy atom. The van der Waals surface area contributed by atoms with Gasteiger partial charge < -0.3 is 10.5 Å². The third-order valence-corrected chi connectivity index (χ3v) is 1.79. The Kier molecular flexibility index (Phi) is 3.48. The molecule has 0 bridgehead atoms. The predicted molar refractivity (Wildman–Crippen MR) is 39.8 cm³/mol. The van der Waals surface area contributed by atoms with Crippen LogP contribution in [-0.4, -0.2) is 19.8 Å². The second-order valence-corrected chi connectivity index (χ2v) is 2.82. The second-order valence-electron chi connectivity index (χ2n) is 2.82. The lowest BCUT2D eigenvalue weighted by molar-refractivity contribution is 0.162. The topological polar surface area (TPSA) is 35.2 Å². The lowest BCUT2D eigenvalue weighted by Crippen LogP contribution is -2.26. The van der Waals surface area contributed by atoms with Gasteiger partial charge in [-0.05, 0) is 13.0 Å². The van der Waals surface area contributed by atoms with Crippen LogP contribution in [0.15, 0.2) is 0 Å². The van der Waals surface area contributed by atoms with Crippen LogP contribution in [0.1, 0.15) is 13.3 Å².